The molecule has 0 spiro atoms. The molecule has 0 unspecified atom stereocenters. The summed E-state index contributed by atoms with van der Waals surface area (Å²) in [6.45, 7) is 0. The lowest BCUT2D eigenvalue weighted by molar-refractivity contribution is -0.380. The first-order valence-electron chi connectivity index (χ1n) is 4.69. The van der Waals surface area contributed by atoms with Crippen LogP contribution in [0.3, 0.4) is 0 Å². The summed E-state index contributed by atoms with van der Waals surface area (Å²) in [5, 5.41) is 36.7. The summed E-state index contributed by atoms with van der Waals surface area (Å²) in [7, 11) is 0. The Morgan fingerprint density at radius 3 is 2.37 bits per heavy atom. The number of nitrogens with two attached hydrogens (primary N) is 1. The molecule has 0 amide bonds. The predicted molar refractivity (Wildman–Crippen MR) is 67.0 cm³/mol. The second-order valence-electron chi connectivity index (χ2n) is 3.12. The Kier molecular flexibility index (Phi) is 4.37. The molecule has 0 radical (unpaired) electrons. The van der Waals surface area contributed by atoms with Crippen LogP contribution in [0.15, 0.2) is 29.0 Å². The minimum atomic E-state index is -0.552. The minimum Gasteiger partial charge on any atom is -0.396 e. The summed E-state index contributed by atoms with van der Waals surface area (Å²) in [6.07, 6.45) is 1.29. The van der Waals surface area contributed by atoms with Crippen molar-refractivity contribution in [3.8, 4) is 18.2 Å². The highest BCUT2D eigenvalue weighted by atomic mass is 32.1. The van der Waals surface area contributed by atoms with Gasteiger partial charge in [-0.15, -0.1) is 0 Å². The third kappa shape index (κ3) is 3.16. The normalized spacial score (nSPS) is 9.84. The third-order valence-corrected chi connectivity index (χ3v) is 2.97. The van der Waals surface area contributed by atoms with Gasteiger partial charge in [0, 0.05) is 10.9 Å². The van der Waals surface area contributed by atoms with Crippen LogP contribution in [0.4, 0.5) is 5.00 Å². The topological polar surface area (TPSA) is 141 Å². The predicted octanol–water partition coefficient (Wildman–Crippen LogP) is 1.82. The van der Waals surface area contributed by atoms with Crippen LogP contribution in [0.1, 0.15) is 4.88 Å². The lowest BCUT2D eigenvalue weighted by Crippen LogP contribution is -2.03. The van der Waals surface area contributed by atoms with E-state index in [1.165, 1.54) is 18.2 Å². The van der Waals surface area contributed by atoms with Crippen LogP contribution in [0, 0.1) is 44.1 Å². The van der Waals surface area contributed by atoms with Gasteiger partial charge in [0.05, 0.1) is 16.2 Å². The van der Waals surface area contributed by atoms with Gasteiger partial charge >= 0.3 is 5.00 Å². The Morgan fingerprint density at radius 1 is 1.32 bits per heavy atom. The first-order valence-corrected chi connectivity index (χ1v) is 5.51. The fourth-order valence-corrected chi connectivity index (χ4v) is 1.88. The molecule has 0 aliphatic heterocycles. The van der Waals surface area contributed by atoms with E-state index in [1.54, 1.807) is 18.2 Å². The molecule has 8 heteroatoms. The Morgan fingerprint density at radius 2 is 1.95 bits per heavy atom. The monoisotopic (exact) mass is 271 g/mol. The molecule has 2 N–H and O–H groups in total. The van der Waals surface area contributed by atoms with Crippen molar-refractivity contribution in [1.82, 2.24) is 0 Å². The lowest BCUT2D eigenvalue weighted by Gasteiger charge is -1.97. The van der Waals surface area contributed by atoms with Gasteiger partial charge in [0.25, 0.3) is 0 Å². The molecular formula is C11H5N5O2S. The molecule has 0 aliphatic rings. The average molecular weight is 271 g/mol. The second kappa shape index (κ2) is 5.97. The van der Waals surface area contributed by atoms with E-state index in [2.05, 4.69) is 0 Å². The van der Waals surface area contributed by atoms with E-state index in [9.17, 15) is 10.1 Å². The number of nitro groups is 1. The Hall–Kier alpha value is -3.15. The van der Waals surface area contributed by atoms with Gasteiger partial charge in [0.2, 0.25) is 0 Å². The zero-order valence-corrected chi connectivity index (χ0v) is 10.1. The van der Waals surface area contributed by atoms with Crippen molar-refractivity contribution in [2.75, 3.05) is 0 Å². The van der Waals surface area contributed by atoms with E-state index in [-0.39, 0.29) is 21.8 Å². The van der Waals surface area contributed by atoms with Crippen molar-refractivity contribution < 1.29 is 4.92 Å². The summed E-state index contributed by atoms with van der Waals surface area (Å²) < 4.78 is 0. The fraction of sp³-hybridized carbons (Fsp3) is 0. The molecule has 19 heavy (non-hydrogen) atoms. The van der Waals surface area contributed by atoms with Crippen molar-refractivity contribution in [3.63, 3.8) is 0 Å². The largest absolute Gasteiger partial charge is 0.396 e. The molecule has 0 fully saturated rings. The Balaban J connectivity index is 3.25. The minimum absolute atomic E-state index is 0.0770. The summed E-state index contributed by atoms with van der Waals surface area (Å²) >= 11 is 0.858. The standard InChI is InChI=1S/C11H5N5O2S/c12-4-7(11(15)8(5-13)6-14)3-9-1-2-10(19-9)16(17)18/h1-3H,15H2. The first kappa shape index (κ1) is 13.9. The molecule has 1 aromatic rings. The molecular weight excluding hydrogens is 266 g/mol. The van der Waals surface area contributed by atoms with E-state index >= 15 is 0 Å². The molecule has 1 rings (SSSR count). The van der Waals surface area contributed by atoms with Gasteiger partial charge < -0.3 is 5.73 Å². The van der Waals surface area contributed by atoms with Gasteiger partial charge in [-0.2, -0.15) is 15.8 Å². The molecule has 7 nitrogen and oxygen atoms in total. The number of thiophene rings is 1. The quantitative estimate of drug-likeness (QED) is 0.384. The number of nitrogens with zero attached hydrogens (tertiary/aromatic N) is 4. The zero-order valence-electron chi connectivity index (χ0n) is 9.32. The molecule has 0 saturated carbocycles. The summed E-state index contributed by atoms with van der Waals surface area (Å²) in [6, 6.07) is 7.64. The van der Waals surface area contributed by atoms with Crippen molar-refractivity contribution in [3.05, 3.63) is 44.0 Å². The molecule has 92 valence electrons. The smallest absolute Gasteiger partial charge is 0.324 e. The van der Waals surface area contributed by atoms with Gasteiger partial charge in [0.15, 0.2) is 5.57 Å². The zero-order chi connectivity index (χ0) is 14.4. The molecule has 0 saturated heterocycles. The van der Waals surface area contributed by atoms with Gasteiger partial charge in [0.1, 0.15) is 18.2 Å². The highest BCUT2D eigenvalue weighted by molar-refractivity contribution is 7.16. The number of nitriles is 3. The van der Waals surface area contributed by atoms with Gasteiger partial charge in [-0.05, 0) is 12.1 Å². The highest BCUT2D eigenvalue weighted by Crippen LogP contribution is 2.26. The highest BCUT2D eigenvalue weighted by Gasteiger charge is 2.11. The maximum Gasteiger partial charge on any atom is 0.324 e. The van der Waals surface area contributed by atoms with Crippen molar-refractivity contribution >= 4 is 22.4 Å². The SMILES string of the molecule is N#CC(=Cc1ccc([N+](=O)[O-])s1)C(N)=C(C#N)C#N. The van der Waals surface area contributed by atoms with Crippen LogP contribution in [0.2, 0.25) is 0 Å². The molecule has 0 aliphatic carbocycles. The van der Waals surface area contributed by atoms with Crippen LogP contribution >= 0.6 is 11.3 Å². The molecule has 0 atom stereocenters. The summed E-state index contributed by atoms with van der Waals surface area (Å²) in [5.74, 6) is 0. The van der Waals surface area contributed by atoms with E-state index < -0.39 is 4.92 Å². The fourth-order valence-electron chi connectivity index (χ4n) is 1.11. The average Bonchev–Trinajstić information content (AvgIpc) is 2.86. The number of hydrogen-bond acceptors (Lipinski definition) is 7. The van der Waals surface area contributed by atoms with Gasteiger partial charge in [-0.1, -0.05) is 11.3 Å². The van der Waals surface area contributed by atoms with Gasteiger partial charge in [-0.25, -0.2) is 0 Å². The van der Waals surface area contributed by atoms with Crippen LogP contribution < -0.4 is 5.73 Å². The second-order valence-corrected chi connectivity index (χ2v) is 4.21. The van der Waals surface area contributed by atoms with E-state index in [0.29, 0.717) is 4.88 Å². The van der Waals surface area contributed by atoms with E-state index in [1.807, 2.05) is 0 Å². The summed E-state index contributed by atoms with van der Waals surface area (Å²) in [5.41, 5.74) is 4.81. The molecule has 1 aromatic heterocycles. The Labute approximate surface area is 111 Å². The maximum atomic E-state index is 10.5. The van der Waals surface area contributed by atoms with Crippen LogP contribution in [-0.4, -0.2) is 4.92 Å². The molecule has 1 heterocycles. The van der Waals surface area contributed by atoms with E-state index in [4.69, 9.17) is 21.5 Å². The first-order chi connectivity index (χ1) is 9.03. The van der Waals surface area contributed by atoms with Gasteiger partial charge in [-0.3, -0.25) is 10.1 Å². The van der Waals surface area contributed by atoms with Crippen molar-refractivity contribution in [2.24, 2.45) is 5.73 Å². The van der Waals surface area contributed by atoms with Crippen LogP contribution in [0.5, 0.6) is 0 Å². The number of allylic oxidation sites excluding steroid dienone is 2. The maximum absolute atomic E-state index is 10.5. The Bertz CT molecular complexity index is 693. The van der Waals surface area contributed by atoms with Crippen LogP contribution in [0.25, 0.3) is 6.08 Å². The number of rotatable bonds is 3. The van der Waals surface area contributed by atoms with E-state index in [0.717, 1.165) is 11.3 Å². The summed E-state index contributed by atoms with van der Waals surface area (Å²) in [4.78, 5) is 10.4. The molecule has 0 aromatic carbocycles. The number of hydrogen-bond donors (Lipinski definition) is 1. The van der Waals surface area contributed by atoms with Crippen molar-refractivity contribution in [2.45, 2.75) is 0 Å². The van der Waals surface area contributed by atoms with Crippen molar-refractivity contribution in [1.29, 1.82) is 15.8 Å². The molecule has 0 bridgehead atoms. The third-order valence-electron chi connectivity index (χ3n) is 1.98. The van der Waals surface area contributed by atoms with Crippen LogP contribution in [-0.2, 0) is 0 Å². The lowest BCUT2D eigenvalue weighted by atomic mass is 10.1.